The van der Waals surface area contributed by atoms with E-state index in [1.807, 2.05) is 28.8 Å². The van der Waals surface area contributed by atoms with Crippen LogP contribution in [-0.4, -0.2) is 26.8 Å². The van der Waals surface area contributed by atoms with Crippen molar-refractivity contribution in [2.24, 2.45) is 5.10 Å². The van der Waals surface area contributed by atoms with Crippen LogP contribution in [0, 0.1) is 0 Å². The molecule has 0 spiro atoms. The first-order valence-corrected chi connectivity index (χ1v) is 9.73. The Morgan fingerprint density at radius 3 is 2.75 bits per heavy atom. The Morgan fingerprint density at radius 2 is 1.93 bits per heavy atom. The highest BCUT2D eigenvalue weighted by Crippen LogP contribution is 2.18. The number of unbranched alkanes of at least 4 members (excludes halogenated alkanes) is 3. The fraction of sp³-hybridized carbons (Fsp3) is 0.318. The number of benzene rings is 2. The van der Waals surface area contributed by atoms with E-state index in [0.29, 0.717) is 5.56 Å². The van der Waals surface area contributed by atoms with Crippen LogP contribution in [0.1, 0.15) is 44.0 Å². The molecule has 0 saturated heterocycles. The van der Waals surface area contributed by atoms with Crippen molar-refractivity contribution in [3.63, 3.8) is 0 Å². The van der Waals surface area contributed by atoms with Gasteiger partial charge in [0.15, 0.2) is 0 Å². The van der Waals surface area contributed by atoms with Crippen molar-refractivity contribution in [3.8, 4) is 5.75 Å². The predicted octanol–water partition coefficient (Wildman–Crippen LogP) is 4.02. The maximum Gasteiger partial charge on any atom is 0.260 e. The van der Waals surface area contributed by atoms with Gasteiger partial charge in [-0.05, 0) is 30.7 Å². The standard InChI is InChI=1S/C22H26N4O2/c1-2-3-4-5-14-21-24-18-11-7-8-12-19(18)26(21)16-22(28)25-23-15-17-10-6-9-13-20(17)27/h6-13,15,27H,2-5,14,16H2,1H3,(H,25,28)/b23-15+. The quantitative estimate of drug-likeness (QED) is 0.335. The molecule has 0 radical (unpaired) electrons. The van der Waals surface area contributed by atoms with E-state index in [0.717, 1.165) is 36.1 Å². The summed E-state index contributed by atoms with van der Waals surface area (Å²) in [4.78, 5) is 17.1. The van der Waals surface area contributed by atoms with Gasteiger partial charge < -0.3 is 9.67 Å². The summed E-state index contributed by atoms with van der Waals surface area (Å²) in [6.07, 6.45) is 6.91. The second kappa shape index (κ2) is 9.69. The van der Waals surface area contributed by atoms with E-state index in [1.165, 1.54) is 19.1 Å². The largest absolute Gasteiger partial charge is 0.507 e. The smallest absolute Gasteiger partial charge is 0.260 e. The minimum Gasteiger partial charge on any atom is -0.507 e. The van der Waals surface area contributed by atoms with Crippen LogP contribution in [0.2, 0.25) is 0 Å². The molecule has 0 aliphatic rings. The highest BCUT2D eigenvalue weighted by atomic mass is 16.3. The Bertz CT molecular complexity index is 962. The van der Waals surface area contributed by atoms with Gasteiger partial charge in [0, 0.05) is 12.0 Å². The number of aromatic nitrogens is 2. The second-order valence-corrected chi connectivity index (χ2v) is 6.77. The molecule has 1 aromatic heterocycles. The van der Waals surface area contributed by atoms with Gasteiger partial charge in [0.25, 0.3) is 5.91 Å². The van der Waals surface area contributed by atoms with Gasteiger partial charge in [0.1, 0.15) is 18.1 Å². The Balaban J connectivity index is 1.69. The SMILES string of the molecule is CCCCCCc1nc2ccccc2n1CC(=O)N/N=C/c1ccccc1O. The molecule has 0 saturated carbocycles. The maximum atomic E-state index is 12.4. The molecule has 6 heteroatoms. The van der Waals surface area contributed by atoms with E-state index in [1.54, 1.807) is 24.3 Å². The monoisotopic (exact) mass is 378 g/mol. The van der Waals surface area contributed by atoms with Gasteiger partial charge in [-0.2, -0.15) is 5.10 Å². The lowest BCUT2D eigenvalue weighted by Gasteiger charge is -2.08. The van der Waals surface area contributed by atoms with Crippen LogP contribution in [0.15, 0.2) is 53.6 Å². The Kier molecular flexibility index (Phi) is 6.78. The van der Waals surface area contributed by atoms with E-state index >= 15 is 0 Å². The van der Waals surface area contributed by atoms with Gasteiger partial charge in [0.2, 0.25) is 0 Å². The van der Waals surface area contributed by atoms with E-state index in [2.05, 4.69) is 17.5 Å². The number of hydrogen-bond acceptors (Lipinski definition) is 4. The van der Waals surface area contributed by atoms with Crippen molar-refractivity contribution in [3.05, 3.63) is 59.9 Å². The van der Waals surface area contributed by atoms with Crippen LogP contribution in [0.5, 0.6) is 5.75 Å². The molecule has 0 aliphatic carbocycles. The zero-order chi connectivity index (χ0) is 19.8. The highest BCUT2D eigenvalue weighted by molar-refractivity contribution is 5.85. The van der Waals surface area contributed by atoms with Gasteiger partial charge in [-0.15, -0.1) is 0 Å². The Morgan fingerprint density at radius 1 is 1.14 bits per heavy atom. The summed E-state index contributed by atoms with van der Waals surface area (Å²) < 4.78 is 1.96. The number of phenols is 1. The van der Waals surface area contributed by atoms with Crippen LogP contribution >= 0.6 is 0 Å². The summed E-state index contributed by atoms with van der Waals surface area (Å²) in [7, 11) is 0. The first-order chi connectivity index (χ1) is 13.7. The fourth-order valence-corrected chi connectivity index (χ4v) is 3.15. The van der Waals surface area contributed by atoms with Gasteiger partial charge in [-0.1, -0.05) is 50.5 Å². The summed E-state index contributed by atoms with van der Waals surface area (Å²) in [6.45, 7) is 2.34. The maximum absolute atomic E-state index is 12.4. The van der Waals surface area contributed by atoms with Crippen molar-refractivity contribution in [2.75, 3.05) is 0 Å². The van der Waals surface area contributed by atoms with Gasteiger partial charge in [-0.3, -0.25) is 4.79 Å². The number of phenolic OH excluding ortho intramolecular Hbond substituents is 1. The molecule has 0 bridgehead atoms. The lowest BCUT2D eigenvalue weighted by atomic mass is 10.1. The first-order valence-electron chi connectivity index (χ1n) is 9.73. The van der Waals surface area contributed by atoms with E-state index in [4.69, 9.17) is 4.98 Å². The molecule has 0 unspecified atom stereocenters. The van der Waals surface area contributed by atoms with Crippen molar-refractivity contribution in [1.82, 2.24) is 15.0 Å². The van der Waals surface area contributed by atoms with Crippen molar-refractivity contribution >= 4 is 23.2 Å². The Labute approximate surface area is 164 Å². The molecular formula is C22H26N4O2. The lowest BCUT2D eigenvalue weighted by Crippen LogP contribution is -2.24. The predicted molar refractivity (Wildman–Crippen MR) is 111 cm³/mol. The van der Waals surface area contributed by atoms with Crippen LogP contribution in [0.25, 0.3) is 11.0 Å². The van der Waals surface area contributed by atoms with Gasteiger partial charge in [-0.25, -0.2) is 10.4 Å². The fourth-order valence-electron chi connectivity index (χ4n) is 3.15. The van der Waals surface area contributed by atoms with Crippen molar-refractivity contribution < 1.29 is 9.90 Å². The second-order valence-electron chi connectivity index (χ2n) is 6.77. The molecule has 0 aliphatic heterocycles. The highest BCUT2D eigenvalue weighted by Gasteiger charge is 2.13. The number of imidazole rings is 1. The number of hydrogen-bond donors (Lipinski definition) is 2. The molecule has 2 aromatic carbocycles. The third-order valence-corrected chi connectivity index (χ3v) is 4.62. The normalized spacial score (nSPS) is 11.3. The van der Waals surface area contributed by atoms with Crippen LogP contribution in [0.4, 0.5) is 0 Å². The zero-order valence-electron chi connectivity index (χ0n) is 16.1. The average molecular weight is 378 g/mol. The third-order valence-electron chi connectivity index (χ3n) is 4.62. The summed E-state index contributed by atoms with van der Waals surface area (Å²) in [5.41, 5.74) is 4.94. The Hall–Kier alpha value is -3.15. The summed E-state index contributed by atoms with van der Waals surface area (Å²) >= 11 is 0. The van der Waals surface area contributed by atoms with Gasteiger partial charge in [0.05, 0.1) is 17.2 Å². The number of amides is 1. The molecule has 3 rings (SSSR count). The molecule has 3 aromatic rings. The van der Waals surface area contributed by atoms with Crippen molar-refractivity contribution in [1.29, 1.82) is 0 Å². The summed E-state index contributed by atoms with van der Waals surface area (Å²) in [6, 6.07) is 14.7. The lowest BCUT2D eigenvalue weighted by molar-refractivity contribution is -0.121. The number of hydrazone groups is 1. The number of aromatic hydroxyl groups is 1. The number of fused-ring (bicyclic) bond motifs is 1. The van der Waals surface area contributed by atoms with Crippen LogP contribution in [-0.2, 0) is 17.8 Å². The minimum atomic E-state index is -0.232. The van der Waals surface area contributed by atoms with E-state index < -0.39 is 0 Å². The number of aryl methyl sites for hydroxylation is 1. The molecule has 0 fully saturated rings. The average Bonchev–Trinajstić information content (AvgIpc) is 3.04. The first kappa shape index (κ1) is 19.6. The van der Waals surface area contributed by atoms with Gasteiger partial charge >= 0.3 is 0 Å². The zero-order valence-corrected chi connectivity index (χ0v) is 16.1. The van der Waals surface area contributed by atoms with E-state index in [9.17, 15) is 9.90 Å². The molecule has 28 heavy (non-hydrogen) atoms. The van der Waals surface area contributed by atoms with Crippen molar-refractivity contribution in [2.45, 2.75) is 45.6 Å². The molecule has 146 valence electrons. The molecule has 6 nitrogen and oxygen atoms in total. The molecule has 0 atom stereocenters. The molecular weight excluding hydrogens is 352 g/mol. The summed E-state index contributed by atoms with van der Waals surface area (Å²) in [5, 5.41) is 13.7. The number of carbonyl (C=O) groups is 1. The van der Waals surface area contributed by atoms with Crippen LogP contribution in [0.3, 0.4) is 0 Å². The number of carbonyl (C=O) groups excluding carboxylic acids is 1. The third kappa shape index (κ3) is 4.97. The number of nitrogens with one attached hydrogen (secondary N) is 1. The molecule has 2 N–H and O–H groups in total. The molecule has 1 heterocycles. The topological polar surface area (TPSA) is 79.5 Å². The van der Waals surface area contributed by atoms with Crippen LogP contribution < -0.4 is 5.43 Å². The number of rotatable bonds is 9. The summed E-state index contributed by atoms with van der Waals surface area (Å²) in [5.74, 6) is 0.817. The van der Waals surface area contributed by atoms with E-state index in [-0.39, 0.29) is 18.2 Å². The molecule has 1 amide bonds. The number of para-hydroxylation sites is 3. The number of nitrogens with zero attached hydrogens (tertiary/aromatic N) is 3. The minimum absolute atomic E-state index is 0.121.